The quantitative estimate of drug-likeness (QED) is 0.868. The van der Waals surface area contributed by atoms with Crippen molar-refractivity contribution in [2.75, 3.05) is 33.3 Å². The molecular formula is C17H24N2O4. The van der Waals surface area contributed by atoms with Crippen LogP contribution in [0.2, 0.25) is 0 Å². The van der Waals surface area contributed by atoms with Gasteiger partial charge in [0, 0.05) is 26.7 Å². The zero-order chi connectivity index (χ0) is 16.7. The average Bonchev–Trinajstić information content (AvgIpc) is 2.58. The highest BCUT2D eigenvalue weighted by Gasteiger charge is 2.25. The summed E-state index contributed by atoms with van der Waals surface area (Å²) in [6, 6.07) is 10.1. The van der Waals surface area contributed by atoms with Crippen molar-refractivity contribution in [3.63, 3.8) is 0 Å². The number of urea groups is 1. The van der Waals surface area contributed by atoms with Crippen molar-refractivity contribution in [1.82, 2.24) is 9.80 Å². The van der Waals surface area contributed by atoms with Crippen molar-refractivity contribution in [2.45, 2.75) is 25.4 Å². The molecule has 6 nitrogen and oxygen atoms in total. The minimum Gasteiger partial charge on any atom is -0.480 e. The highest BCUT2D eigenvalue weighted by molar-refractivity contribution is 5.74. The van der Waals surface area contributed by atoms with E-state index in [4.69, 9.17) is 9.84 Å². The van der Waals surface area contributed by atoms with E-state index in [0.717, 1.165) is 6.42 Å². The van der Waals surface area contributed by atoms with Crippen LogP contribution in [-0.2, 0) is 16.0 Å². The largest absolute Gasteiger partial charge is 0.480 e. The van der Waals surface area contributed by atoms with Crippen LogP contribution in [0.25, 0.3) is 0 Å². The second kappa shape index (κ2) is 8.53. The Morgan fingerprint density at radius 1 is 1.26 bits per heavy atom. The fourth-order valence-electron chi connectivity index (χ4n) is 2.68. The Hall–Kier alpha value is -2.08. The fourth-order valence-corrected chi connectivity index (χ4v) is 2.68. The number of benzene rings is 1. The van der Waals surface area contributed by atoms with Crippen molar-refractivity contribution in [3.05, 3.63) is 35.9 Å². The Balaban J connectivity index is 1.72. The maximum atomic E-state index is 12.4. The summed E-state index contributed by atoms with van der Waals surface area (Å²) in [4.78, 5) is 26.5. The molecule has 0 atom stereocenters. The Morgan fingerprint density at radius 2 is 1.91 bits per heavy atom. The smallest absolute Gasteiger partial charge is 0.329 e. The number of amides is 2. The summed E-state index contributed by atoms with van der Waals surface area (Å²) in [5, 5.41) is 8.61. The first-order valence-electron chi connectivity index (χ1n) is 7.93. The Bertz CT molecular complexity index is 513. The predicted octanol–water partition coefficient (Wildman–Crippen LogP) is 1.85. The van der Waals surface area contributed by atoms with Gasteiger partial charge in [-0.1, -0.05) is 30.3 Å². The summed E-state index contributed by atoms with van der Waals surface area (Å²) in [5.74, 6) is -0.954. The van der Waals surface area contributed by atoms with Crippen molar-refractivity contribution < 1.29 is 19.4 Å². The first-order chi connectivity index (χ1) is 11.1. The molecule has 1 saturated heterocycles. The molecule has 1 heterocycles. The van der Waals surface area contributed by atoms with Gasteiger partial charge in [-0.25, -0.2) is 9.59 Å². The van der Waals surface area contributed by atoms with Gasteiger partial charge in [0.15, 0.2) is 0 Å². The standard InChI is InChI=1S/C17H24N2O4/c1-18(10-7-14-5-3-2-4-6-14)17(22)19-11-8-15(9-12-19)23-13-16(20)21/h2-6,15H,7-13H2,1H3,(H,20,21). The summed E-state index contributed by atoms with van der Waals surface area (Å²) in [6.45, 7) is 1.63. The third kappa shape index (κ3) is 5.56. The number of likely N-dealkylation sites (N-methyl/N-ethyl adjacent to an activating group) is 1. The number of hydrogen-bond acceptors (Lipinski definition) is 3. The number of carbonyl (C=O) groups is 2. The van der Waals surface area contributed by atoms with E-state index in [9.17, 15) is 9.59 Å². The first kappa shape index (κ1) is 17.3. The number of ether oxygens (including phenoxy) is 1. The van der Waals surface area contributed by atoms with Crippen molar-refractivity contribution in [3.8, 4) is 0 Å². The van der Waals surface area contributed by atoms with Crippen molar-refractivity contribution in [2.24, 2.45) is 0 Å². The van der Waals surface area contributed by atoms with Crippen LogP contribution in [0.15, 0.2) is 30.3 Å². The molecule has 1 aromatic rings. The number of carboxylic acids is 1. The van der Waals surface area contributed by atoms with E-state index in [2.05, 4.69) is 12.1 Å². The van der Waals surface area contributed by atoms with Gasteiger partial charge in [0.05, 0.1) is 6.10 Å². The second-order valence-electron chi connectivity index (χ2n) is 5.83. The molecule has 1 aliphatic rings. The summed E-state index contributed by atoms with van der Waals surface area (Å²) in [7, 11) is 1.82. The zero-order valence-corrected chi connectivity index (χ0v) is 13.5. The van der Waals surface area contributed by atoms with E-state index in [1.165, 1.54) is 5.56 Å². The van der Waals surface area contributed by atoms with E-state index in [0.29, 0.717) is 32.5 Å². The van der Waals surface area contributed by atoms with Crippen LogP contribution < -0.4 is 0 Å². The number of hydrogen-bond donors (Lipinski definition) is 1. The van der Waals surface area contributed by atoms with E-state index >= 15 is 0 Å². The van der Waals surface area contributed by atoms with Gasteiger partial charge in [-0.05, 0) is 24.8 Å². The Kier molecular flexibility index (Phi) is 6.40. The van der Waals surface area contributed by atoms with E-state index in [1.807, 2.05) is 30.1 Å². The topological polar surface area (TPSA) is 70.1 Å². The molecular weight excluding hydrogens is 296 g/mol. The predicted molar refractivity (Wildman–Crippen MR) is 86.4 cm³/mol. The molecule has 0 saturated carbocycles. The van der Waals surface area contributed by atoms with Gasteiger partial charge in [0.25, 0.3) is 0 Å². The number of rotatable bonds is 6. The second-order valence-corrected chi connectivity index (χ2v) is 5.83. The number of carbonyl (C=O) groups excluding carboxylic acids is 1. The maximum Gasteiger partial charge on any atom is 0.329 e. The third-order valence-electron chi connectivity index (χ3n) is 4.06. The first-order valence-corrected chi connectivity index (χ1v) is 7.93. The highest BCUT2D eigenvalue weighted by atomic mass is 16.5. The molecule has 2 rings (SSSR count). The number of piperidine rings is 1. The Labute approximate surface area is 136 Å². The molecule has 6 heteroatoms. The normalized spacial score (nSPS) is 15.4. The van der Waals surface area contributed by atoms with Crippen LogP contribution in [-0.4, -0.2) is 66.3 Å². The average molecular weight is 320 g/mol. The highest BCUT2D eigenvalue weighted by Crippen LogP contribution is 2.15. The molecule has 2 amide bonds. The van der Waals surface area contributed by atoms with Gasteiger partial charge in [-0.15, -0.1) is 0 Å². The molecule has 1 aromatic carbocycles. The molecule has 0 radical (unpaired) electrons. The minimum atomic E-state index is -0.954. The summed E-state index contributed by atoms with van der Waals surface area (Å²) in [6.07, 6.45) is 2.14. The number of likely N-dealkylation sites (tertiary alicyclic amines) is 1. The van der Waals surface area contributed by atoms with Crippen LogP contribution in [0.4, 0.5) is 4.79 Å². The Morgan fingerprint density at radius 3 is 2.52 bits per heavy atom. The van der Waals surface area contributed by atoms with E-state index in [-0.39, 0.29) is 18.7 Å². The van der Waals surface area contributed by atoms with E-state index in [1.54, 1.807) is 4.90 Å². The molecule has 0 unspecified atom stereocenters. The van der Waals surface area contributed by atoms with Crippen molar-refractivity contribution >= 4 is 12.0 Å². The minimum absolute atomic E-state index is 0.0256. The lowest BCUT2D eigenvalue weighted by Gasteiger charge is -2.34. The molecule has 1 N–H and O–H groups in total. The molecule has 0 spiro atoms. The van der Waals surface area contributed by atoms with Gasteiger partial charge in [-0.3, -0.25) is 0 Å². The molecule has 126 valence electrons. The maximum absolute atomic E-state index is 12.4. The fraction of sp³-hybridized carbons (Fsp3) is 0.529. The van der Waals surface area contributed by atoms with Crippen LogP contribution in [0, 0.1) is 0 Å². The van der Waals surface area contributed by atoms with Crippen LogP contribution in [0.3, 0.4) is 0 Å². The van der Waals surface area contributed by atoms with Gasteiger partial charge >= 0.3 is 12.0 Å². The lowest BCUT2D eigenvalue weighted by Crippen LogP contribution is -2.47. The van der Waals surface area contributed by atoms with Gasteiger partial charge < -0.3 is 19.6 Å². The van der Waals surface area contributed by atoms with Crippen LogP contribution >= 0.6 is 0 Å². The van der Waals surface area contributed by atoms with Gasteiger partial charge in [0.1, 0.15) is 6.61 Å². The molecule has 0 bridgehead atoms. The van der Waals surface area contributed by atoms with Crippen LogP contribution in [0.5, 0.6) is 0 Å². The number of aliphatic carboxylic acids is 1. The third-order valence-corrected chi connectivity index (χ3v) is 4.06. The summed E-state index contributed by atoms with van der Waals surface area (Å²) < 4.78 is 5.29. The zero-order valence-electron chi connectivity index (χ0n) is 13.5. The molecule has 0 aromatic heterocycles. The lowest BCUT2D eigenvalue weighted by molar-refractivity contribution is -0.145. The number of carboxylic acid groups (broad SMARTS) is 1. The van der Waals surface area contributed by atoms with Crippen molar-refractivity contribution in [1.29, 1.82) is 0 Å². The summed E-state index contributed by atoms with van der Waals surface area (Å²) >= 11 is 0. The molecule has 0 aliphatic carbocycles. The molecule has 1 fully saturated rings. The van der Waals surface area contributed by atoms with Gasteiger partial charge in [-0.2, -0.15) is 0 Å². The molecule has 23 heavy (non-hydrogen) atoms. The summed E-state index contributed by atoms with van der Waals surface area (Å²) in [5.41, 5.74) is 1.22. The molecule has 1 aliphatic heterocycles. The monoisotopic (exact) mass is 320 g/mol. The van der Waals surface area contributed by atoms with E-state index < -0.39 is 5.97 Å². The number of nitrogens with zero attached hydrogens (tertiary/aromatic N) is 2. The van der Waals surface area contributed by atoms with Gasteiger partial charge in [0.2, 0.25) is 0 Å². The lowest BCUT2D eigenvalue weighted by atomic mass is 10.1. The SMILES string of the molecule is CN(CCc1ccccc1)C(=O)N1CCC(OCC(=O)O)CC1. The van der Waals surface area contributed by atoms with Crippen LogP contribution in [0.1, 0.15) is 18.4 Å².